The lowest BCUT2D eigenvalue weighted by Crippen LogP contribution is -2.71. The molecule has 2 aliphatic heterocycles. The van der Waals surface area contributed by atoms with E-state index in [9.17, 15) is 19.2 Å². The third kappa shape index (κ3) is 9.35. The topological polar surface area (TPSA) is 170 Å². The van der Waals surface area contributed by atoms with Crippen LogP contribution in [0.5, 0.6) is 0 Å². The Morgan fingerprint density at radius 2 is 1.40 bits per heavy atom. The van der Waals surface area contributed by atoms with Gasteiger partial charge in [-0.05, 0) is 63.8 Å². The maximum Gasteiger partial charge on any atom is 0.431 e. The molecule has 0 aliphatic carbocycles. The van der Waals surface area contributed by atoms with Gasteiger partial charge in [0, 0.05) is 11.1 Å². The van der Waals surface area contributed by atoms with Crippen LogP contribution in [0.3, 0.4) is 0 Å². The average molecular weight is 827 g/mol. The van der Waals surface area contributed by atoms with Crippen molar-refractivity contribution in [2.75, 3.05) is 24.8 Å². The Labute approximate surface area is 345 Å². The van der Waals surface area contributed by atoms with Gasteiger partial charge in [-0.3, -0.25) is 19.3 Å². The molecular weight excluding hydrogens is 781 g/mol. The third-order valence-corrected chi connectivity index (χ3v) is 10.9. The Morgan fingerprint density at radius 3 is 1.91 bits per heavy atom. The fourth-order valence-electron chi connectivity index (χ4n) is 6.48. The van der Waals surface area contributed by atoms with E-state index in [0.29, 0.717) is 10.7 Å². The van der Waals surface area contributed by atoms with E-state index in [1.54, 1.807) is 46.9 Å². The standard InChI is InChI=1S/C42H46N6O8S2/c1-40(2,3)55-37(51)33-26(23-54-47-39(52)56-41(4,5)6)24-57-36-32(35(50)48(33)36)44-34(49)31(46-53-7)30-25-58-38(43-30)45-42(27-17-11-8-12-18-27,28-19-13-9-14-20-28)29-21-15-10-16-22-29/h8-22,25,32,36H,23-24H2,1-7H3,(H,43,45)(H,44,49)(H,47,52)/t32-,36-/m1/s1. The summed E-state index contributed by atoms with van der Waals surface area (Å²) in [6.07, 6.45) is -0.810. The number of thiazole rings is 1. The van der Waals surface area contributed by atoms with Crippen molar-refractivity contribution in [1.29, 1.82) is 0 Å². The van der Waals surface area contributed by atoms with Crippen molar-refractivity contribution in [3.63, 3.8) is 0 Å². The van der Waals surface area contributed by atoms with E-state index in [-0.39, 0.29) is 29.5 Å². The van der Waals surface area contributed by atoms with Gasteiger partial charge >= 0.3 is 12.1 Å². The molecule has 3 amide bonds. The Balaban J connectivity index is 1.23. The van der Waals surface area contributed by atoms with Gasteiger partial charge in [0.25, 0.3) is 11.8 Å². The predicted molar refractivity (Wildman–Crippen MR) is 222 cm³/mol. The van der Waals surface area contributed by atoms with Crippen LogP contribution in [0.25, 0.3) is 0 Å². The number of nitrogens with zero attached hydrogens (tertiary/aromatic N) is 3. The van der Waals surface area contributed by atoms with Gasteiger partial charge in [-0.2, -0.15) is 5.48 Å². The maximum absolute atomic E-state index is 14.0. The number of carbonyl (C=O) groups excluding carboxylic acids is 4. The van der Waals surface area contributed by atoms with Gasteiger partial charge in [0.2, 0.25) is 0 Å². The summed E-state index contributed by atoms with van der Waals surface area (Å²) < 4.78 is 10.9. The van der Waals surface area contributed by atoms with E-state index in [1.165, 1.54) is 35.1 Å². The van der Waals surface area contributed by atoms with Crippen LogP contribution in [-0.2, 0) is 39.1 Å². The van der Waals surface area contributed by atoms with Gasteiger partial charge in [-0.25, -0.2) is 14.6 Å². The zero-order valence-corrected chi connectivity index (χ0v) is 34.9. The highest BCUT2D eigenvalue weighted by Crippen LogP contribution is 2.42. The number of rotatable bonds is 13. The number of nitrogens with one attached hydrogen (secondary N) is 3. The molecule has 0 saturated carbocycles. The number of hydrogen-bond donors (Lipinski definition) is 3. The number of thioether (sulfide) groups is 1. The first-order valence-corrected chi connectivity index (χ1v) is 20.4. The molecule has 1 fully saturated rings. The fraction of sp³-hybridized carbons (Fsp3) is 0.333. The highest BCUT2D eigenvalue weighted by atomic mass is 32.2. The first-order chi connectivity index (χ1) is 27.6. The number of amides is 3. The molecule has 3 N–H and O–H groups in total. The van der Waals surface area contributed by atoms with Crippen LogP contribution in [0, 0.1) is 0 Å². The number of aromatic nitrogens is 1. The number of fused-ring (bicyclic) bond motifs is 1. The lowest BCUT2D eigenvalue weighted by molar-refractivity contribution is -0.159. The molecule has 2 aliphatic rings. The monoisotopic (exact) mass is 826 g/mol. The van der Waals surface area contributed by atoms with Crippen molar-refractivity contribution in [1.82, 2.24) is 20.7 Å². The minimum Gasteiger partial charge on any atom is -0.455 e. The quantitative estimate of drug-likeness (QED) is 0.0452. The molecule has 3 heterocycles. The van der Waals surface area contributed by atoms with Crippen molar-refractivity contribution in [3.05, 3.63) is 130 Å². The van der Waals surface area contributed by atoms with Gasteiger partial charge in [0.1, 0.15) is 46.7 Å². The molecule has 0 spiro atoms. The Kier molecular flexibility index (Phi) is 12.6. The number of carbonyl (C=O) groups is 4. The normalized spacial score (nSPS) is 17.1. The van der Waals surface area contributed by atoms with Crippen molar-refractivity contribution in [2.24, 2.45) is 5.16 Å². The predicted octanol–water partition coefficient (Wildman–Crippen LogP) is 6.35. The molecule has 0 unspecified atom stereocenters. The molecule has 14 nitrogen and oxygen atoms in total. The zero-order chi connectivity index (χ0) is 41.7. The molecular formula is C42H46N6O8S2. The summed E-state index contributed by atoms with van der Waals surface area (Å²) in [5.74, 6) is -1.75. The van der Waals surface area contributed by atoms with E-state index in [4.69, 9.17) is 24.1 Å². The van der Waals surface area contributed by atoms with Crippen LogP contribution in [0.1, 0.15) is 63.9 Å². The first kappa shape index (κ1) is 41.9. The Bertz CT molecular complexity index is 2090. The summed E-state index contributed by atoms with van der Waals surface area (Å²) in [7, 11) is 1.32. The second-order valence-electron chi connectivity index (χ2n) is 15.3. The third-order valence-electron chi connectivity index (χ3n) is 8.79. The summed E-state index contributed by atoms with van der Waals surface area (Å²) in [5.41, 5.74) is 3.11. The van der Waals surface area contributed by atoms with Crippen molar-refractivity contribution in [3.8, 4) is 0 Å². The number of benzene rings is 3. The number of β-lactam (4-membered cyclic amide) rings is 1. The summed E-state index contributed by atoms with van der Waals surface area (Å²) in [5, 5.41) is 12.1. The maximum atomic E-state index is 14.0. The van der Waals surface area contributed by atoms with Crippen molar-refractivity contribution in [2.45, 2.75) is 69.7 Å². The zero-order valence-electron chi connectivity index (χ0n) is 33.2. The Morgan fingerprint density at radius 1 is 0.845 bits per heavy atom. The molecule has 2 atom stereocenters. The second-order valence-corrected chi connectivity index (χ2v) is 17.3. The number of anilines is 1. The lowest BCUT2D eigenvalue weighted by atomic mass is 9.77. The molecule has 16 heteroatoms. The summed E-state index contributed by atoms with van der Waals surface area (Å²) >= 11 is 2.60. The van der Waals surface area contributed by atoms with Crippen LogP contribution in [0.15, 0.2) is 113 Å². The van der Waals surface area contributed by atoms with Gasteiger partial charge in [-0.1, -0.05) is 96.2 Å². The molecule has 1 saturated heterocycles. The average Bonchev–Trinajstić information content (AvgIpc) is 3.65. The van der Waals surface area contributed by atoms with Gasteiger partial charge in [0.15, 0.2) is 10.8 Å². The Hall–Kier alpha value is -5.71. The van der Waals surface area contributed by atoms with Crippen LogP contribution >= 0.6 is 23.1 Å². The van der Waals surface area contributed by atoms with E-state index < -0.39 is 52.0 Å². The molecule has 4 aromatic rings. The van der Waals surface area contributed by atoms with E-state index in [1.807, 2.05) is 54.6 Å². The van der Waals surface area contributed by atoms with E-state index in [0.717, 1.165) is 16.7 Å². The number of esters is 1. The molecule has 304 valence electrons. The number of oxime groups is 1. The summed E-state index contributed by atoms with van der Waals surface area (Å²) in [4.78, 5) is 70.1. The van der Waals surface area contributed by atoms with E-state index >= 15 is 0 Å². The van der Waals surface area contributed by atoms with Crippen LogP contribution in [-0.4, -0.2) is 81.6 Å². The SMILES string of the molecule is CON=C(C(=O)N[C@@H]1C(=O)N2C(C(=O)OC(C)(C)C)=C(CONC(=O)OC(C)(C)C)CS[C@H]12)c1csc(NC(c2ccccc2)(c2ccccc2)c2ccccc2)n1. The largest absolute Gasteiger partial charge is 0.455 e. The lowest BCUT2D eigenvalue weighted by Gasteiger charge is -2.49. The second kappa shape index (κ2) is 17.4. The minimum absolute atomic E-state index is 0.0140. The number of hydroxylamine groups is 1. The molecule has 6 rings (SSSR count). The van der Waals surface area contributed by atoms with Crippen molar-refractivity contribution >= 4 is 57.8 Å². The molecule has 58 heavy (non-hydrogen) atoms. The van der Waals surface area contributed by atoms with Gasteiger partial charge < -0.3 is 24.9 Å². The van der Waals surface area contributed by atoms with Crippen LogP contribution in [0.4, 0.5) is 9.93 Å². The minimum atomic E-state index is -1.02. The highest BCUT2D eigenvalue weighted by Gasteiger charge is 2.55. The van der Waals surface area contributed by atoms with Crippen LogP contribution in [0.2, 0.25) is 0 Å². The highest BCUT2D eigenvalue weighted by molar-refractivity contribution is 8.00. The summed E-state index contributed by atoms with van der Waals surface area (Å²) in [6.45, 7) is 10.0. The number of hydrogen-bond acceptors (Lipinski definition) is 13. The van der Waals surface area contributed by atoms with Crippen LogP contribution < -0.4 is 16.1 Å². The molecule has 0 bridgehead atoms. The molecule has 1 aromatic heterocycles. The fourth-order valence-corrected chi connectivity index (χ4v) is 8.55. The van der Waals surface area contributed by atoms with E-state index in [2.05, 4.69) is 57.7 Å². The summed E-state index contributed by atoms with van der Waals surface area (Å²) in [6, 6.07) is 29.1. The van der Waals surface area contributed by atoms with Gasteiger partial charge in [0.05, 0.1) is 6.61 Å². The van der Waals surface area contributed by atoms with Gasteiger partial charge in [-0.15, -0.1) is 23.1 Å². The smallest absolute Gasteiger partial charge is 0.431 e. The molecule has 0 radical (unpaired) electrons. The molecule has 3 aromatic carbocycles. The number of ether oxygens (including phenoxy) is 2. The first-order valence-electron chi connectivity index (χ1n) is 18.4. The van der Waals surface area contributed by atoms with Crippen molar-refractivity contribution < 1.29 is 38.3 Å².